The molecule has 0 spiro atoms. The van der Waals surface area contributed by atoms with Crippen LogP contribution in [-0.4, -0.2) is 45.9 Å². The minimum absolute atomic E-state index is 0.445. The van der Waals surface area contributed by atoms with Crippen molar-refractivity contribution in [1.82, 2.24) is 24.6 Å². The number of methoxy groups -OCH3 is 3. The maximum atomic E-state index is 5.49. The molecule has 3 aromatic heterocycles. The van der Waals surface area contributed by atoms with E-state index in [2.05, 4.69) is 25.4 Å². The van der Waals surface area contributed by atoms with Crippen LogP contribution in [0, 0.1) is 0 Å². The zero-order valence-corrected chi connectivity index (χ0v) is 17.2. The molecule has 0 saturated heterocycles. The standard InChI is InChI=1S/C22H20N6O3/c1-29-18-11-13(12-19(30-2)20(18)31-3)17-8-10-24-22-26-21(27-28(17)22)25-16-6-4-5-15-14(16)7-9-23-15/h4-12,23H,1-3H3,(H,25,27). The highest BCUT2D eigenvalue weighted by Gasteiger charge is 2.17. The van der Waals surface area contributed by atoms with Gasteiger partial charge in [-0.05, 0) is 36.4 Å². The van der Waals surface area contributed by atoms with Crippen LogP contribution in [0.5, 0.6) is 17.2 Å². The number of nitrogens with one attached hydrogen (secondary N) is 2. The molecule has 2 N–H and O–H groups in total. The molecule has 0 unspecified atom stereocenters. The highest BCUT2D eigenvalue weighted by atomic mass is 16.5. The molecule has 31 heavy (non-hydrogen) atoms. The first kappa shape index (κ1) is 18.7. The van der Waals surface area contributed by atoms with Crippen molar-refractivity contribution in [2.45, 2.75) is 0 Å². The van der Waals surface area contributed by atoms with Crippen LogP contribution in [0.4, 0.5) is 11.6 Å². The maximum Gasteiger partial charge on any atom is 0.254 e. The Morgan fingerprint density at radius 3 is 2.52 bits per heavy atom. The van der Waals surface area contributed by atoms with Crippen molar-refractivity contribution in [3.8, 4) is 28.5 Å². The predicted molar refractivity (Wildman–Crippen MR) is 117 cm³/mol. The van der Waals surface area contributed by atoms with Gasteiger partial charge in [-0.25, -0.2) is 4.98 Å². The second-order valence-corrected chi connectivity index (χ2v) is 6.76. The molecule has 3 heterocycles. The van der Waals surface area contributed by atoms with E-state index in [0.717, 1.165) is 27.8 Å². The van der Waals surface area contributed by atoms with Crippen LogP contribution in [0.1, 0.15) is 0 Å². The molecule has 0 aliphatic carbocycles. The minimum Gasteiger partial charge on any atom is -0.493 e. The number of aromatic nitrogens is 5. The van der Waals surface area contributed by atoms with Gasteiger partial charge < -0.3 is 24.5 Å². The number of aromatic amines is 1. The molecule has 0 saturated carbocycles. The van der Waals surface area contributed by atoms with Crippen molar-refractivity contribution in [3.05, 3.63) is 54.9 Å². The molecule has 0 aliphatic heterocycles. The van der Waals surface area contributed by atoms with Crippen molar-refractivity contribution < 1.29 is 14.2 Å². The lowest BCUT2D eigenvalue weighted by atomic mass is 10.1. The Bertz CT molecular complexity index is 1370. The first-order valence-corrected chi connectivity index (χ1v) is 9.57. The van der Waals surface area contributed by atoms with E-state index in [0.29, 0.717) is 29.0 Å². The number of benzene rings is 2. The second-order valence-electron chi connectivity index (χ2n) is 6.76. The van der Waals surface area contributed by atoms with Crippen LogP contribution in [0.3, 0.4) is 0 Å². The SMILES string of the molecule is COc1cc(-c2ccnc3nc(Nc4cccc5[nH]ccc45)nn23)cc(OC)c1OC. The zero-order valence-electron chi connectivity index (χ0n) is 17.2. The fourth-order valence-electron chi connectivity index (χ4n) is 3.61. The molecule has 0 bridgehead atoms. The molecule has 0 fully saturated rings. The van der Waals surface area contributed by atoms with Gasteiger partial charge in [0.2, 0.25) is 11.7 Å². The number of H-pyrrole nitrogens is 1. The Hall–Kier alpha value is -4.27. The minimum atomic E-state index is 0.445. The van der Waals surface area contributed by atoms with Gasteiger partial charge in [-0.3, -0.25) is 0 Å². The number of anilines is 2. The quantitative estimate of drug-likeness (QED) is 0.431. The van der Waals surface area contributed by atoms with Gasteiger partial charge in [0.05, 0.1) is 32.7 Å². The van der Waals surface area contributed by atoms with E-state index in [1.807, 2.05) is 48.7 Å². The second kappa shape index (κ2) is 7.52. The number of ether oxygens (including phenoxy) is 3. The fourth-order valence-corrected chi connectivity index (χ4v) is 3.61. The average molecular weight is 416 g/mol. The molecule has 5 aromatic rings. The molecule has 156 valence electrons. The van der Waals surface area contributed by atoms with Crippen LogP contribution in [0.25, 0.3) is 27.9 Å². The lowest BCUT2D eigenvalue weighted by molar-refractivity contribution is 0.324. The van der Waals surface area contributed by atoms with E-state index < -0.39 is 0 Å². The highest BCUT2D eigenvalue weighted by molar-refractivity contribution is 5.93. The zero-order chi connectivity index (χ0) is 21.4. The van der Waals surface area contributed by atoms with Gasteiger partial charge in [0.15, 0.2) is 11.5 Å². The monoisotopic (exact) mass is 416 g/mol. The van der Waals surface area contributed by atoms with Gasteiger partial charge in [-0.2, -0.15) is 9.50 Å². The van der Waals surface area contributed by atoms with Crippen molar-refractivity contribution in [1.29, 1.82) is 0 Å². The molecule has 0 aliphatic rings. The third kappa shape index (κ3) is 3.16. The van der Waals surface area contributed by atoms with Crippen LogP contribution in [-0.2, 0) is 0 Å². The van der Waals surface area contributed by atoms with E-state index in [9.17, 15) is 0 Å². The van der Waals surface area contributed by atoms with Crippen molar-refractivity contribution >= 4 is 28.3 Å². The Kier molecular flexibility index (Phi) is 4.55. The molecule has 2 aromatic carbocycles. The van der Waals surface area contributed by atoms with Crippen molar-refractivity contribution in [2.75, 3.05) is 26.6 Å². The Labute approximate surface area is 177 Å². The number of rotatable bonds is 6. The van der Waals surface area contributed by atoms with Gasteiger partial charge >= 0.3 is 0 Å². The fraction of sp³-hybridized carbons (Fsp3) is 0.136. The van der Waals surface area contributed by atoms with E-state index in [-0.39, 0.29) is 0 Å². The Balaban J connectivity index is 1.60. The van der Waals surface area contributed by atoms with Gasteiger partial charge in [0, 0.05) is 28.9 Å². The molecule has 0 radical (unpaired) electrons. The summed E-state index contributed by atoms with van der Waals surface area (Å²) in [4.78, 5) is 12.1. The summed E-state index contributed by atoms with van der Waals surface area (Å²) in [5.74, 6) is 2.55. The van der Waals surface area contributed by atoms with Gasteiger partial charge in [0.1, 0.15) is 0 Å². The Morgan fingerprint density at radius 1 is 0.968 bits per heavy atom. The summed E-state index contributed by atoms with van der Waals surface area (Å²) in [7, 11) is 4.75. The third-order valence-electron chi connectivity index (χ3n) is 5.04. The van der Waals surface area contributed by atoms with E-state index in [1.54, 1.807) is 32.0 Å². The van der Waals surface area contributed by atoms with Gasteiger partial charge in [0.25, 0.3) is 5.78 Å². The lowest BCUT2D eigenvalue weighted by Crippen LogP contribution is -1.99. The smallest absolute Gasteiger partial charge is 0.254 e. The summed E-state index contributed by atoms with van der Waals surface area (Å²) < 4.78 is 18.1. The topological polar surface area (TPSA) is 98.6 Å². The van der Waals surface area contributed by atoms with E-state index in [4.69, 9.17) is 14.2 Å². The van der Waals surface area contributed by atoms with E-state index >= 15 is 0 Å². The average Bonchev–Trinajstić information content (AvgIpc) is 3.44. The number of fused-ring (bicyclic) bond motifs is 2. The largest absolute Gasteiger partial charge is 0.493 e. The summed E-state index contributed by atoms with van der Waals surface area (Å²) >= 11 is 0. The van der Waals surface area contributed by atoms with Gasteiger partial charge in [-0.15, -0.1) is 5.10 Å². The third-order valence-corrected chi connectivity index (χ3v) is 5.04. The summed E-state index contributed by atoms with van der Waals surface area (Å²) in [6.45, 7) is 0. The number of hydrogen-bond donors (Lipinski definition) is 2. The molecule has 9 heteroatoms. The van der Waals surface area contributed by atoms with Crippen molar-refractivity contribution in [2.24, 2.45) is 0 Å². The van der Waals surface area contributed by atoms with Crippen LogP contribution in [0.2, 0.25) is 0 Å². The van der Waals surface area contributed by atoms with Gasteiger partial charge in [-0.1, -0.05) is 6.07 Å². The maximum absolute atomic E-state index is 5.49. The molecular weight excluding hydrogens is 396 g/mol. The van der Waals surface area contributed by atoms with Crippen LogP contribution in [0.15, 0.2) is 54.9 Å². The van der Waals surface area contributed by atoms with Crippen molar-refractivity contribution in [3.63, 3.8) is 0 Å². The Morgan fingerprint density at radius 2 is 1.77 bits per heavy atom. The first-order chi connectivity index (χ1) is 15.2. The molecular formula is C22H20N6O3. The first-order valence-electron chi connectivity index (χ1n) is 9.57. The highest BCUT2D eigenvalue weighted by Crippen LogP contribution is 2.41. The summed E-state index contributed by atoms with van der Waals surface area (Å²) in [6, 6.07) is 13.6. The van der Waals surface area contributed by atoms with Crippen LogP contribution >= 0.6 is 0 Å². The number of nitrogens with zero attached hydrogens (tertiary/aromatic N) is 4. The summed E-state index contributed by atoms with van der Waals surface area (Å²) in [5, 5.41) is 8.98. The normalized spacial score (nSPS) is 11.1. The molecule has 5 rings (SSSR count). The number of hydrogen-bond acceptors (Lipinski definition) is 7. The summed E-state index contributed by atoms with van der Waals surface area (Å²) in [6.07, 6.45) is 3.59. The molecule has 0 atom stereocenters. The molecule has 0 amide bonds. The molecule has 9 nitrogen and oxygen atoms in total. The lowest BCUT2D eigenvalue weighted by Gasteiger charge is -2.14. The van der Waals surface area contributed by atoms with E-state index in [1.165, 1.54) is 0 Å². The predicted octanol–water partition coefficient (Wildman–Crippen LogP) is 4.04. The summed E-state index contributed by atoms with van der Waals surface area (Å²) in [5.41, 5.74) is 3.55. The van der Waals surface area contributed by atoms with Crippen LogP contribution < -0.4 is 19.5 Å².